The number of hydrogen-bond donors (Lipinski definition) is 0. The number of ketones is 2. The number of benzene rings is 1. The minimum Gasteiger partial charge on any atom is -0.497 e. The first-order chi connectivity index (χ1) is 10.0. The zero-order valence-corrected chi connectivity index (χ0v) is 11.7. The number of carbonyl (C=O) groups excluding carboxylic acids is 3. The summed E-state index contributed by atoms with van der Waals surface area (Å²) in [5.41, 5.74) is 0.728. The summed E-state index contributed by atoms with van der Waals surface area (Å²) >= 11 is 0. The van der Waals surface area contributed by atoms with Crippen molar-refractivity contribution in [2.24, 2.45) is 5.92 Å². The van der Waals surface area contributed by atoms with E-state index in [1.807, 2.05) is 0 Å². The van der Waals surface area contributed by atoms with Crippen LogP contribution in [0.3, 0.4) is 0 Å². The Bertz CT molecular complexity index is 654. The molecule has 0 spiro atoms. The molecule has 1 aromatic rings. The van der Waals surface area contributed by atoms with Gasteiger partial charge in [-0.15, -0.1) is 0 Å². The third-order valence-electron chi connectivity index (χ3n) is 2.95. The van der Waals surface area contributed by atoms with Crippen molar-refractivity contribution in [1.82, 2.24) is 0 Å². The zero-order valence-electron chi connectivity index (χ0n) is 11.7. The van der Waals surface area contributed by atoms with E-state index in [-0.39, 0.29) is 5.76 Å². The molecule has 2 rings (SSSR count). The Balaban J connectivity index is 2.15. The molecule has 108 valence electrons. The molecule has 0 bridgehead atoms. The van der Waals surface area contributed by atoms with Crippen LogP contribution in [0.1, 0.15) is 12.5 Å². The molecule has 0 radical (unpaired) electrons. The Kier molecular flexibility index (Phi) is 4.33. The van der Waals surface area contributed by atoms with Crippen LogP contribution in [0, 0.1) is 5.92 Å². The summed E-state index contributed by atoms with van der Waals surface area (Å²) in [5.74, 6) is -2.54. The summed E-state index contributed by atoms with van der Waals surface area (Å²) in [4.78, 5) is 35.3. The van der Waals surface area contributed by atoms with Gasteiger partial charge in [0.1, 0.15) is 11.5 Å². The molecule has 1 atom stereocenters. The summed E-state index contributed by atoms with van der Waals surface area (Å²) in [5, 5.41) is 0. The van der Waals surface area contributed by atoms with Crippen molar-refractivity contribution in [1.29, 1.82) is 0 Å². The number of ether oxygens (including phenoxy) is 2. The van der Waals surface area contributed by atoms with E-state index >= 15 is 0 Å². The monoisotopic (exact) mass is 286 g/mol. The van der Waals surface area contributed by atoms with Gasteiger partial charge in [-0.05, 0) is 30.7 Å². The van der Waals surface area contributed by atoms with Crippen molar-refractivity contribution in [3.63, 3.8) is 0 Å². The molecule has 0 saturated heterocycles. The number of cyclic esters (lactones) is 1. The lowest BCUT2D eigenvalue weighted by atomic mass is 9.96. The van der Waals surface area contributed by atoms with Crippen LogP contribution in [0.5, 0.6) is 5.75 Å². The topological polar surface area (TPSA) is 69.7 Å². The minimum atomic E-state index is -1.41. The third kappa shape index (κ3) is 3.45. The Morgan fingerprint density at radius 3 is 2.76 bits per heavy atom. The first kappa shape index (κ1) is 14.7. The molecule has 0 aliphatic carbocycles. The molecule has 0 fully saturated rings. The SMILES string of the molecule is COc1cccc(/C=C/C(=O)C2C(=O)C=C(C)OC2=O)c1. The molecule has 0 aromatic heterocycles. The Morgan fingerprint density at radius 1 is 1.33 bits per heavy atom. The lowest BCUT2D eigenvalue weighted by Gasteiger charge is -2.15. The molecule has 5 nitrogen and oxygen atoms in total. The summed E-state index contributed by atoms with van der Waals surface area (Å²) in [7, 11) is 1.54. The van der Waals surface area contributed by atoms with Crippen molar-refractivity contribution < 1.29 is 23.9 Å². The average Bonchev–Trinajstić information content (AvgIpc) is 2.44. The maximum atomic E-state index is 12.0. The summed E-state index contributed by atoms with van der Waals surface area (Å²) in [6.07, 6.45) is 3.88. The van der Waals surface area contributed by atoms with Gasteiger partial charge in [0.25, 0.3) is 0 Å². The van der Waals surface area contributed by atoms with E-state index < -0.39 is 23.5 Å². The predicted octanol–water partition coefficient (Wildman–Crippen LogP) is 1.92. The summed E-state index contributed by atoms with van der Waals surface area (Å²) in [6.45, 7) is 1.49. The van der Waals surface area contributed by atoms with Crippen LogP contribution in [-0.2, 0) is 19.1 Å². The van der Waals surface area contributed by atoms with E-state index in [4.69, 9.17) is 9.47 Å². The van der Waals surface area contributed by atoms with Crippen molar-refractivity contribution in [2.45, 2.75) is 6.92 Å². The van der Waals surface area contributed by atoms with Gasteiger partial charge in [0.05, 0.1) is 7.11 Å². The second kappa shape index (κ2) is 6.17. The molecule has 0 amide bonds. The molecule has 1 aromatic carbocycles. The van der Waals surface area contributed by atoms with Crippen LogP contribution < -0.4 is 4.74 Å². The molecule has 5 heteroatoms. The number of rotatable bonds is 4. The second-order valence-corrected chi connectivity index (χ2v) is 4.52. The Labute approximate surface area is 121 Å². The molecule has 1 heterocycles. The van der Waals surface area contributed by atoms with Crippen molar-refractivity contribution in [2.75, 3.05) is 7.11 Å². The van der Waals surface area contributed by atoms with Crippen LogP contribution in [0.2, 0.25) is 0 Å². The summed E-state index contributed by atoms with van der Waals surface area (Å²) < 4.78 is 9.87. The van der Waals surface area contributed by atoms with Crippen LogP contribution in [0.15, 0.2) is 42.2 Å². The predicted molar refractivity (Wildman–Crippen MR) is 75.4 cm³/mol. The van der Waals surface area contributed by atoms with Crippen LogP contribution in [0.4, 0.5) is 0 Å². The summed E-state index contributed by atoms with van der Waals surface area (Å²) in [6, 6.07) is 7.05. The Hall–Kier alpha value is -2.69. The van der Waals surface area contributed by atoms with Gasteiger partial charge < -0.3 is 9.47 Å². The lowest BCUT2D eigenvalue weighted by molar-refractivity contribution is -0.151. The molecule has 21 heavy (non-hydrogen) atoms. The number of allylic oxidation sites excluding steroid dienone is 3. The van der Waals surface area contributed by atoms with E-state index in [9.17, 15) is 14.4 Å². The third-order valence-corrected chi connectivity index (χ3v) is 2.95. The minimum absolute atomic E-state index is 0.200. The fourth-order valence-corrected chi connectivity index (χ4v) is 1.92. The Morgan fingerprint density at radius 2 is 2.10 bits per heavy atom. The van der Waals surface area contributed by atoms with Gasteiger partial charge in [-0.3, -0.25) is 14.4 Å². The highest BCUT2D eigenvalue weighted by atomic mass is 16.5. The van der Waals surface area contributed by atoms with Crippen LogP contribution >= 0.6 is 0 Å². The first-order valence-electron chi connectivity index (χ1n) is 6.31. The van der Waals surface area contributed by atoms with E-state index in [1.165, 1.54) is 19.1 Å². The first-order valence-corrected chi connectivity index (χ1v) is 6.31. The molecular formula is C16H14O5. The average molecular weight is 286 g/mol. The molecular weight excluding hydrogens is 272 g/mol. The molecule has 1 aliphatic rings. The van der Waals surface area contributed by atoms with Gasteiger partial charge in [-0.1, -0.05) is 18.2 Å². The van der Waals surface area contributed by atoms with E-state index in [2.05, 4.69) is 0 Å². The van der Waals surface area contributed by atoms with Gasteiger partial charge in [0.2, 0.25) is 0 Å². The van der Waals surface area contributed by atoms with Gasteiger partial charge in [-0.25, -0.2) is 0 Å². The van der Waals surface area contributed by atoms with Gasteiger partial charge in [-0.2, -0.15) is 0 Å². The van der Waals surface area contributed by atoms with Crippen LogP contribution in [-0.4, -0.2) is 24.6 Å². The maximum absolute atomic E-state index is 12.0. The van der Waals surface area contributed by atoms with E-state index in [0.29, 0.717) is 5.75 Å². The number of esters is 1. The van der Waals surface area contributed by atoms with Crippen molar-refractivity contribution >= 4 is 23.6 Å². The van der Waals surface area contributed by atoms with E-state index in [0.717, 1.165) is 11.6 Å². The molecule has 1 aliphatic heterocycles. The quantitative estimate of drug-likeness (QED) is 0.480. The second-order valence-electron chi connectivity index (χ2n) is 4.52. The number of carbonyl (C=O) groups is 3. The van der Waals surface area contributed by atoms with Crippen LogP contribution in [0.25, 0.3) is 6.08 Å². The highest BCUT2D eigenvalue weighted by Gasteiger charge is 2.36. The smallest absolute Gasteiger partial charge is 0.329 e. The molecule has 1 unspecified atom stereocenters. The largest absolute Gasteiger partial charge is 0.497 e. The van der Waals surface area contributed by atoms with E-state index in [1.54, 1.807) is 31.4 Å². The zero-order chi connectivity index (χ0) is 15.4. The maximum Gasteiger partial charge on any atom is 0.329 e. The fourth-order valence-electron chi connectivity index (χ4n) is 1.92. The van der Waals surface area contributed by atoms with Gasteiger partial charge >= 0.3 is 5.97 Å². The molecule has 0 N–H and O–H groups in total. The van der Waals surface area contributed by atoms with Gasteiger partial charge in [0.15, 0.2) is 17.5 Å². The fraction of sp³-hybridized carbons (Fsp3) is 0.188. The number of hydrogen-bond acceptors (Lipinski definition) is 5. The molecule has 0 saturated carbocycles. The highest BCUT2D eigenvalue weighted by molar-refractivity contribution is 6.25. The van der Waals surface area contributed by atoms with Crippen molar-refractivity contribution in [3.8, 4) is 5.75 Å². The normalized spacial score (nSPS) is 18.4. The standard InChI is InChI=1S/C16H14O5/c1-10-8-14(18)15(16(19)21-10)13(17)7-6-11-4-3-5-12(9-11)20-2/h3-9,15H,1-2H3/b7-6+. The lowest BCUT2D eigenvalue weighted by Crippen LogP contribution is -2.34. The highest BCUT2D eigenvalue weighted by Crippen LogP contribution is 2.18. The van der Waals surface area contributed by atoms with Gasteiger partial charge in [0, 0.05) is 6.08 Å². The number of methoxy groups -OCH3 is 1. The van der Waals surface area contributed by atoms with Crippen molar-refractivity contribution in [3.05, 3.63) is 47.7 Å².